The summed E-state index contributed by atoms with van der Waals surface area (Å²) >= 11 is 0. The van der Waals surface area contributed by atoms with Crippen LogP contribution in [0.3, 0.4) is 0 Å². The zero-order valence-corrected chi connectivity index (χ0v) is 10.0. The molecular weight excluding hydrogens is 202 g/mol. The van der Waals surface area contributed by atoms with Gasteiger partial charge in [0.2, 0.25) is 5.91 Å². The first-order chi connectivity index (χ1) is 7.50. The number of hydrogen-bond donors (Lipinski definition) is 2. The van der Waals surface area contributed by atoms with Gasteiger partial charge in [-0.3, -0.25) is 9.78 Å². The van der Waals surface area contributed by atoms with E-state index in [9.17, 15) is 4.79 Å². The van der Waals surface area contributed by atoms with Gasteiger partial charge in [-0.1, -0.05) is 19.9 Å². The van der Waals surface area contributed by atoms with E-state index >= 15 is 0 Å². The smallest absolute Gasteiger partial charge is 0.234 e. The topological polar surface area (TPSA) is 68.0 Å². The highest BCUT2D eigenvalue weighted by Gasteiger charge is 2.18. The molecule has 1 atom stereocenters. The van der Waals surface area contributed by atoms with E-state index in [1.807, 2.05) is 32.9 Å². The number of aryl methyl sites for hydroxylation is 1. The average molecular weight is 221 g/mol. The molecule has 1 rings (SSSR count). The summed E-state index contributed by atoms with van der Waals surface area (Å²) in [6.07, 6.45) is 1.81. The molecule has 88 valence electrons. The molecule has 1 heterocycles. The molecule has 0 aliphatic carbocycles. The number of hydrogen-bond acceptors (Lipinski definition) is 3. The molecule has 0 radical (unpaired) electrons. The molecule has 1 amide bonds. The average Bonchev–Trinajstić information content (AvgIpc) is 2.20. The van der Waals surface area contributed by atoms with Gasteiger partial charge in [0.1, 0.15) is 0 Å². The van der Waals surface area contributed by atoms with Crippen molar-refractivity contribution in [3.63, 3.8) is 0 Å². The minimum atomic E-state index is -0.310. The highest BCUT2D eigenvalue weighted by molar-refractivity contribution is 5.80. The molecule has 0 aliphatic rings. The number of rotatable bonds is 5. The van der Waals surface area contributed by atoms with E-state index in [-0.39, 0.29) is 17.9 Å². The van der Waals surface area contributed by atoms with E-state index in [1.165, 1.54) is 0 Å². The molecule has 1 aromatic rings. The van der Waals surface area contributed by atoms with Gasteiger partial charge in [-0.25, -0.2) is 0 Å². The van der Waals surface area contributed by atoms with E-state index < -0.39 is 0 Å². The molecule has 16 heavy (non-hydrogen) atoms. The number of nitrogens with one attached hydrogen (secondary N) is 1. The van der Waals surface area contributed by atoms with E-state index in [0.717, 1.165) is 11.3 Å². The van der Waals surface area contributed by atoms with Gasteiger partial charge in [0.05, 0.1) is 6.04 Å². The molecule has 0 spiro atoms. The Balaban J connectivity index is 2.55. The minimum absolute atomic E-state index is 0.191. The van der Waals surface area contributed by atoms with Crippen LogP contribution in [0.5, 0.6) is 0 Å². The Morgan fingerprint density at radius 3 is 2.62 bits per heavy atom. The maximum atomic E-state index is 11.2. The standard InChI is InChI=1S/C12H19N3O/c1-8(2)11(12(13)16)15-7-10-5-4-9(3)14-6-10/h4-6,8,11,15H,7H2,1-3H3,(H2,13,16). The van der Waals surface area contributed by atoms with Crippen LogP contribution < -0.4 is 11.1 Å². The molecular formula is C12H19N3O. The number of primary amides is 1. The number of carbonyl (C=O) groups excluding carboxylic acids is 1. The largest absolute Gasteiger partial charge is 0.368 e. The SMILES string of the molecule is Cc1ccc(CNC(C(N)=O)C(C)C)cn1. The lowest BCUT2D eigenvalue weighted by Crippen LogP contribution is -2.44. The summed E-state index contributed by atoms with van der Waals surface area (Å²) < 4.78 is 0. The fraction of sp³-hybridized carbons (Fsp3) is 0.500. The summed E-state index contributed by atoms with van der Waals surface area (Å²) in [6.45, 7) is 6.49. The van der Waals surface area contributed by atoms with Gasteiger partial charge in [-0.15, -0.1) is 0 Å². The van der Waals surface area contributed by atoms with E-state index in [1.54, 1.807) is 6.20 Å². The Labute approximate surface area is 96.3 Å². The van der Waals surface area contributed by atoms with Crippen molar-refractivity contribution in [1.29, 1.82) is 0 Å². The maximum Gasteiger partial charge on any atom is 0.234 e. The van der Waals surface area contributed by atoms with Crippen molar-refractivity contribution in [3.05, 3.63) is 29.6 Å². The van der Waals surface area contributed by atoms with Crippen LogP contribution in [-0.4, -0.2) is 16.9 Å². The number of carbonyl (C=O) groups is 1. The lowest BCUT2D eigenvalue weighted by molar-refractivity contribution is -0.121. The van der Waals surface area contributed by atoms with Crippen LogP contribution >= 0.6 is 0 Å². The first-order valence-corrected chi connectivity index (χ1v) is 5.45. The van der Waals surface area contributed by atoms with Crippen molar-refractivity contribution >= 4 is 5.91 Å². The first-order valence-electron chi connectivity index (χ1n) is 5.45. The van der Waals surface area contributed by atoms with Crippen LogP contribution in [0.4, 0.5) is 0 Å². The zero-order valence-electron chi connectivity index (χ0n) is 10.0. The molecule has 0 aliphatic heterocycles. The maximum absolute atomic E-state index is 11.2. The predicted octanol–water partition coefficient (Wildman–Crippen LogP) is 0.990. The predicted molar refractivity (Wildman–Crippen MR) is 63.6 cm³/mol. The minimum Gasteiger partial charge on any atom is -0.368 e. The molecule has 0 saturated carbocycles. The van der Waals surface area contributed by atoms with Crippen LogP contribution in [0.1, 0.15) is 25.1 Å². The van der Waals surface area contributed by atoms with Crippen molar-refractivity contribution < 1.29 is 4.79 Å². The molecule has 4 nitrogen and oxygen atoms in total. The summed E-state index contributed by atoms with van der Waals surface area (Å²) in [5.41, 5.74) is 7.35. The normalized spacial score (nSPS) is 12.8. The van der Waals surface area contributed by atoms with Gasteiger partial charge in [-0.05, 0) is 24.5 Å². The van der Waals surface area contributed by atoms with Crippen molar-refractivity contribution in [2.24, 2.45) is 11.7 Å². The molecule has 0 aromatic carbocycles. The Morgan fingerprint density at radius 1 is 1.50 bits per heavy atom. The molecule has 4 heteroatoms. The third-order valence-corrected chi connectivity index (χ3v) is 2.47. The van der Waals surface area contributed by atoms with Crippen LogP contribution in [0.25, 0.3) is 0 Å². The third-order valence-electron chi connectivity index (χ3n) is 2.47. The summed E-state index contributed by atoms with van der Waals surface area (Å²) in [5, 5.41) is 3.14. The highest BCUT2D eigenvalue weighted by atomic mass is 16.1. The van der Waals surface area contributed by atoms with Crippen LogP contribution in [-0.2, 0) is 11.3 Å². The van der Waals surface area contributed by atoms with Gasteiger partial charge < -0.3 is 11.1 Å². The second-order valence-electron chi connectivity index (χ2n) is 4.31. The highest BCUT2D eigenvalue weighted by Crippen LogP contribution is 2.04. The fourth-order valence-corrected chi connectivity index (χ4v) is 1.50. The van der Waals surface area contributed by atoms with Crippen molar-refractivity contribution in [2.75, 3.05) is 0 Å². The summed E-state index contributed by atoms with van der Waals surface area (Å²) in [6, 6.07) is 3.65. The van der Waals surface area contributed by atoms with Gasteiger partial charge in [0, 0.05) is 18.4 Å². The monoisotopic (exact) mass is 221 g/mol. The Hall–Kier alpha value is -1.42. The van der Waals surface area contributed by atoms with Crippen molar-refractivity contribution in [1.82, 2.24) is 10.3 Å². The Bertz CT molecular complexity index is 346. The lowest BCUT2D eigenvalue weighted by atomic mass is 10.0. The van der Waals surface area contributed by atoms with Crippen LogP contribution in [0, 0.1) is 12.8 Å². The van der Waals surface area contributed by atoms with Crippen LogP contribution in [0.15, 0.2) is 18.3 Å². The quantitative estimate of drug-likeness (QED) is 0.779. The molecule has 0 saturated heterocycles. The first kappa shape index (κ1) is 12.6. The fourth-order valence-electron chi connectivity index (χ4n) is 1.50. The van der Waals surface area contributed by atoms with E-state index in [0.29, 0.717) is 6.54 Å². The molecule has 3 N–H and O–H groups in total. The number of aromatic nitrogens is 1. The summed E-state index contributed by atoms with van der Waals surface area (Å²) in [4.78, 5) is 15.4. The molecule has 1 aromatic heterocycles. The molecule has 0 fully saturated rings. The second kappa shape index (κ2) is 5.61. The Kier molecular flexibility index (Phi) is 4.43. The number of nitrogens with zero attached hydrogens (tertiary/aromatic N) is 1. The third kappa shape index (κ3) is 3.62. The molecule has 1 unspecified atom stereocenters. The van der Waals surface area contributed by atoms with Gasteiger partial charge in [0.15, 0.2) is 0 Å². The van der Waals surface area contributed by atoms with E-state index in [4.69, 9.17) is 5.73 Å². The number of pyridine rings is 1. The summed E-state index contributed by atoms with van der Waals surface area (Å²) in [7, 11) is 0. The van der Waals surface area contributed by atoms with Crippen molar-refractivity contribution in [2.45, 2.75) is 33.4 Å². The summed E-state index contributed by atoms with van der Waals surface area (Å²) in [5.74, 6) is -0.119. The van der Waals surface area contributed by atoms with Crippen molar-refractivity contribution in [3.8, 4) is 0 Å². The Morgan fingerprint density at radius 2 is 2.19 bits per heavy atom. The zero-order chi connectivity index (χ0) is 12.1. The van der Waals surface area contributed by atoms with E-state index in [2.05, 4.69) is 10.3 Å². The lowest BCUT2D eigenvalue weighted by Gasteiger charge is -2.18. The number of nitrogens with two attached hydrogens (primary N) is 1. The van der Waals surface area contributed by atoms with Gasteiger partial charge >= 0.3 is 0 Å². The van der Waals surface area contributed by atoms with Gasteiger partial charge in [-0.2, -0.15) is 0 Å². The van der Waals surface area contributed by atoms with Gasteiger partial charge in [0.25, 0.3) is 0 Å². The number of amides is 1. The molecule has 0 bridgehead atoms. The van der Waals surface area contributed by atoms with Crippen LogP contribution in [0.2, 0.25) is 0 Å². The second-order valence-corrected chi connectivity index (χ2v) is 4.31.